The molecule has 0 amide bonds. The van der Waals surface area contributed by atoms with Gasteiger partial charge in [0.1, 0.15) is 18.2 Å². The van der Waals surface area contributed by atoms with E-state index in [0.717, 1.165) is 31.0 Å². The number of fused-ring (bicyclic) bond motifs is 3. The van der Waals surface area contributed by atoms with Crippen molar-refractivity contribution in [1.29, 1.82) is 0 Å². The van der Waals surface area contributed by atoms with Crippen LogP contribution in [0, 0.1) is 19.6 Å². The summed E-state index contributed by atoms with van der Waals surface area (Å²) in [4.78, 5) is 0. The molecule has 2 aromatic heterocycles. The molecule has 0 aliphatic heterocycles. The quantitative estimate of drug-likeness (QED) is 0.240. The van der Waals surface area contributed by atoms with Gasteiger partial charge < -0.3 is 4.42 Å². The Balaban J connectivity index is 1.63. The molecule has 0 saturated heterocycles. The molecule has 1 saturated carbocycles. The van der Waals surface area contributed by atoms with Gasteiger partial charge in [-0.05, 0) is 54.8 Å². The van der Waals surface area contributed by atoms with E-state index < -0.39 is 24.1 Å². The van der Waals surface area contributed by atoms with Gasteiger partial charge >= 0.3 is 0 Å². The molecule has 6 rings (SSSR count). The standard InChI is InChI=1S/C32H31FNO/c1-20-12-17-27-26-11-7-10-25(24-15-13-23(14-16-24)22-8-5-4-6-9-22)31(26)35-32(27)30(20)29-18-21(2)28(33)19-34(29)3/h7,10-19,22H,4-6,8-9H2,1-3H3/q+1/i2D3,13D,14D,15D,16D,22D. The van der Waals surface area contributed by atoms with Crippen molar-refractivity contribution in [3.63, 3.8) is 0 Å². The maximum absolute atomic E-state index is 14.7. The summed E-state index contributed by atoms with van der Waals surface area (Å²) in [5.74, 6) is -2.00. The zero-order valence-electron chi connectivity index (χ0n) is 27.8. The predicted molar refractivity (Wildman–Crippen MR) is 141 cm³/mol. The molecular weight excluding hydrogens is 433 g/mol. The molecule has 5 aromatic rings. The topological polar surface area (TPSA) is 17.0 Å². The van der Waals surface area contributed by atoms with Crippen molar-refractivity contribution in [2.45, 2.75) is 51.8 Å². The molecule has 2 nitrogen and oxygen atoms in total. The highest BCUT2D eigenvalue weighted by Crippen LogP contribution is 2.41. The molecule has 0 radical (unpaired) electrons. The smallest absolute Gasteiger partial charge is 0.216 e. The monoisotopic (exact) mass is 472 g/mol. The zero-order valence-corrected chi connectivity index (χ0v) is 19.8. The van der Waals surface area contributed by atoms with Crippen LogP contribution in [0.1, 0.15) is 65.7 Å². The number of hydrogen-bond donors (Lipinski definition) is 0. The molecule has 0 atom stereocenters. The third kappa shape index (κ3) is 3.74. The third-order valence-electron chi connectivity index (χ3n) is 7.06. The fourth-order valence-electron chi connectivity index (χ4n) is 5.19. The van der Waals surface area contributed by atoms with Crippen LogP contribution in [0.15, 0.2) is 71.2 Å². The molecule has 1 fully saturated rings. The van der Waals surface area contributed by atoms with Gasteiger partial charge in [0.05, 0.1) is 11.0 Å². The lowest BCUT2D eigenvalue weighted by atomic mass is 9.83. The van der Waals surface area contributed by atoms with Crippen molar-refractivity contribution in [3.05, 3.63) is 89.3 Å². The van der Waals surface area contributed by atoms with Gasteiger partial charge in [-0.3, -0.25) is 0 Å². The predicted octanol–water partition coefficient (Wildman–Crippen LogP) is 8.55. The first-order valence-corrected chi connectivity index (χ1v) is 12.0. The minimum absolute atomic E-state index is 0.0955. The largest absolute Gasteiger partial charge is 0.454 e. The molecule has 0 bridgehead atoms. The SMILES string of the molecule is [2H]c1c([2H])c(C2([2H])CCCCC2)c([2H])c([2H])c1-c1cccc2c1oc1c(-c3cc(C([2H])([2H])[2H])c(F)c[n+]3C)c(C)ccc12. The maximum Gasteiger partial charge on any atom is 0.216 e. The van der Waals surface area contributed by atoms with Crippen LogP contribution in [0.5, 0.6) is 0 Å². The van der Waals surface area contributed by atoms with Crippen molar-refractivity contribution in [2.75, 3.05) is 0 Å². The van der Waals surface area contributed by atoms with E-state index in [1.165, 1.54) is 10.6 Å². The average Bonchev–Trinajstić information content (AvgIpc) is 3.32. The fraction of sp³-hybridized carbons (Fsp3) is 0.281. The van der Waals surface area contributed by atoms with Gasteiger partial charge in [-0.25, -0.2) is 4.39 Å². The second-order valence-corrected chi connectivity index (χ2v) is 9.36. The lowest BCUT2D eigenvalue weighted by molar-refractivity contribution is -0.662. The van der Waals surface area contributed by atoms with Gasteiger partial charge in [0.2, 0.25) is 11.9 Å². The summed E-state index contributed by atoms with van der Waals surface area (Å²) in [6, 6.07) is 9.54. The summed E-state index contributed by atoms with van der Waals surface area (Å²) in [5.41, 5.74) is 2.81. The third-order valence-corrected chi connectivity index (χ3v) is 7.06. The van der Waals surface area contributed by atoms with E-state index >= 15 is 0 Å². The van der Waals surface area contributed by atoms with E-state index in [2.05, 4.69) is 0 Å². The number of halogens is 1. The first kappa shape index (κ1) is 14.8. The summed E-state index contributed by atoms with van der Waals surface area (Å²) in [5, 5.41) is 1.39. The molecule has 3 heteroatoms. The summed E-state index contributed by atoms with van der Waals surface area (Å²) in [7, 11) is 1.63. The highest BCUT2D eigenvalue weighted by atomic mass is 19.1. The van der Waals surface area contributed by atoms with Crippen LogP contribution in [0.2, 0.25) is 0 Å². The van der Waals surface area contributed by atoms with Crippen LogP contribution >= 0.6 is 0 Å². The number of aromatic nitrogens is 1. The number of aryl methyl sites for hydroxylation is 3. The number of benzene rings is 3. The van der Waals surface area contributed by atoms with E-state index in [1.54, 1.807) is 19.2 Å². The first-order valence-electron chi connectivity index (χ1n) is 16.0. The second kappa shape index (κ2) is 8.64. The number of rotatable bonds is 3. The lowest BCUT2D eigenvalue weighted by Gasteiger charge is -2.22. The number of para-hydroxylation sites is 1. The van der Waals surface area contributed by atoms with Gasteiger partial charge in [-0.1, -0.05) is 73.8 Å². The first-order chi connectivity index (χ1) is 20.2. The van der Waals surface area contributed by atoms with E-state index in [-0.39, 0.29) is 35.3 Å². The summed E-state index contributed by atoms with van der Waals surface area (Å²) in [6.07, 6.45) is 4.74. The normalized spacial score (nSPS) is 19.3. The minimum Gasteiger partial charge on any atom is -0.454 e. The van der Waals surface area contributed by atoms with Gasteiger partial charge in [0.15, 0.2) is 5.82 Å². The molecule has 0 unspecified atom stereocenters. The molecule has 1 aliphatic rings. The van der Waals surface area contributed by atoms with Crippen molar-refractivity contribution in [3.8, 4) is 22.4 Å². The second-order valence-electron chi connectivity index (χ2n) is 9.36. The Kier molecular flexibility index (Phi) is 3.66. The summed E-state index contributed by atoms with van der Waals surface area (Å²) < 4.78 is 90.9. The summed E-state index contributed by atoms with van der Waals surface area (Å²) in [6.45, 7) is -0.807. The molecule has 0 spiro atoms. The highest BCUT2D eigenvalue weighted by Gasteiger charge is 2.23. The summed E-state index contributed by atoms with van der Waals surface area (Å²) >= 11 is 0. The Morgan fingerprint density at radius 1 is 1.00 bits per heavy atom. The van der Waals surface area contributed by atoms with Gasteiger partial charge in [-0.15, -0.1) is 0 Å². The number of hydrogen-bond acceptors (Lipinski definition) is 1. The zero-order chi connectivity index (χ0) is 31.0. The van der Waals surface area contributed by atoms with E-state index in [1.807, 2.05) is 25.1 Å². The van der Waals surface area contributed by atoms with E-state index in [4.69, 9.17) is 15.4 Å². The van der Waals surface area contributed by atoms with Crippen LogP contribution < -0.4 is 4.57 Å². The van der Waals surface area contributed by atoms with E-state index in [0.29, 0.717) is 51.6 Å². The number of nitrogens with zero attached hydrogens (tertiary/aromatic N) is 1. The molecule has 0 N–H and O–H groups in total. The van der Waals surface area contributed by atoms with Gasteiger partial charge in [0.25, 0.3) is 0 Å². The molecule has 3 aromatic carbocycles. The molecule has 2 heterocycles. The molecule has 35 heavy (non-hydrogen) atoms. The number of pyridine rings is 1. The maximum atomic E-state index is 14.7. The van der Waals surface area contributed by atoms with Crippen LogP contribution in [-0.4, -0.2) is 0 Å². The lowest BCUT2D eigenvalue weighted by Crippen LogP contribution is -2.31. The van der Waals surface area contributed by atoms with Crippen LogP contribution in [-0.2, 0) is 7.05 Å². The van der Waals surface area contributed by atoms with Crippen LogP contribution in [0.3, 0.4) is 0 Å². The van der Waals surface area contributed by atoms with Crippen LogP contribution in [0.4, 0.5) is 4.39 Å². The Morgan fingerprint density at radius 3 is 2.54 bits per heavy atom. The van der Waals surface area contributed by atoms with Crippen molar-refractivity contribution < 1.29 is 24.3 Å². The minimum atomic E-state index is -2.66. The van der Waals surface area contributed by atoms with Gasteiger partial charge in [-0.2, -0.15) is 4.57 Å². The average molecular weight is 473 g/mol. The molecule has 176 valence electrons. The Morgan fingerprint density at radius 2 is 1.77 bits per heavy atom. The molecular formula is C32H31FNO+. The van der Waals surface area contributed by atoms with Crippen LogP contribution in [0.25, 0.3) is 44.3 Å². The van der Waals surface area contributed by atoms with Crippen molar-refractivity contribution in [1.82, 2.24) is 0 Å². The fourth-order valence-corrected chi connectivity index (χ4v) is 5.19. The van der Waals surface area contributed by atoms with Crippen molar-refractivity contribution in [2.24, 2.45) is 7.05 Å². The number of furan rings is 1. The molecule has 1 aliphatic carbocycles. The Labute approximate surface area is 217 Å². The Bertz CT molecular complexity index is 1910. The van der Waals surface area contributed by atoms with Gasteiger partial charge in [0, 0.05) is 27.9 Å². The Hall–Kier alpha value is -3.46. The van der Waals surface area contributed by atoms with E-state index in [9.17, 15) is 4.39 Å². The highest BCUT2D eigenvalue weighted by molar-refractivity contribution is 6.13. The van der Waals surface area contributed by atoms with Crippen molar-refractivity contribution >= 4 is 21.9 Å².